The van der Waals surface area contributed by atoms with Crippen molar-refractivity contribution in [2.24, 2.45) is 0 Å². The predicted octanol–water partition coefficient (Wildman–Crippen LogP) is 5.67. The average molecular weight is 368 g/mol. The Bertz CT molecular complexity index is 737. The molecule has 2 rings (SSSR count). The van der Waals surface area contributed by atoms with Gasteiger partial charge in [0.05, 0.1) is 5.56 Å². The number of benzene rings is 2. The smallest absolute Gasteiger partial charge is 0.311 e. The van der Waals surface area contributed by atoms with E-state index in [9.17, 15) is 14.7 Å². The molecule has 0 aliphatic rings. The van der Waals surface area contributed by atoms with Crippen molar-refractivity contribution in [2.75, 3.05) is 0 Å². The zero-order valence-corrected chi connectivity index (χ0v) is 15.9. The average Bonchev–Trinajstić information content (AvgIpc) is 2.67. The summed E-state index contributed by atoms with van der Waals surface area (Å²) in [4.78, 5) is 24.3. The summed E-state index contributed by atoms with van der Waals surface area (Å²) in [6.45, 7) is 2.19. The van der Waals surface area contributed by atoms with Crippen LogP contribution in [0, 0.1) is 0 Å². The van der Waals surface area contributed by atoms with Gasteiger partial charge in [-0.15, -0.1) is 0 Å². The van der Waals surface area contributed by atoms with Crippen LogP contribution in [-0.4, -0.2) is 16.9 Å². The number of ether oxygens (including phenoxy) is 1. The second kappa shape index (κ2) is 11.2. The van der Waals surface area contributed by atoms with E-state index in [0.29, 0.717) is 12.0 Å². The Balaban J connectivity index is 1.81. The van der Waals surface area contributed by atoms with Crippen molar-refractivity contribution in [3.8, 4) is 11.5 Å². The third-order valence-corrected chi connectivity index (χ3v) is 4.47. The standard InChI is InChI=1S/C23H28O4/c1-2-3-4-5-6-7-11-14-22(25)27-19-15-16-20(21(24)17-19)23(26)18-12-9-8-10-13-18/h8-10,12-13,15-17,24H,2-7,11,14H2,1H3. The normalized spacial score (nSPS) is 10.6. The van der Waals surface area contributed by atoms with Crippen LogP contribution >= 0.6 is 0 Å². The Labute approximate surface area is 161 Å². The lowest BCUT2D eigenvalue weighted by Gasteiger charge is -2.08. The fourth-order valence-corrected chi connectivity index (χ4v) is 2.92. The predicted molar refractivity (Wildman–Crippen MR) is 106 cm³/mol. The Kier molecular flexibility index (Phi) is 8.56. The van der Waals surface area contributed by atoms with Crippen molar-refractivity contribution in [3.63, 3.8) is 0 Å². The first kappa shape index (κ1) is 20.7. The number of carbonyl (C=O) groups excluding carboxylic acids is 2. The lowest BCUT2D eigenvalue weighted by molar-refractivity contribution is -0.134. The summed E-state index contributed by atoms with van der Waals surface area (Å²) < 4.78 is 5.27. The Morgan fingerprint density at radius 2 is 1.56 bits per heavy atom. The van der Waals surface area contributed by atoms with Gasteiger partial charge in [-0.2, -0.15) is 0 Å². The molecule has 0 aliphatic heterocycles. The summed E-state index contributed by atoms with van der Waals surface area (Å²) in [7, 11) is 0. The van der Waals surface area contributed by atoms with Gasteiger partial charge in [-0.1, -0.05) is 75.8 Å². The maximum atomic E-state index is 12.4. The van der Waals surface area contributed by atoms with Gasteiger partial charge < -0.3 is 9.84 Å². The van der Waals surface area contributed by atoms with E-state index in [2.05, 4.69) is 6.92 Å². The molecule has 0 amide bonds. The zero-order chi connectivity index (χ0) is 19.5. The first-order chi connectivity index (χ1) is 13.1. The molecular formula is C23H28O4. The van der Waals surface area contributed by atoms with Crippen molar-refractivity contribution in [1.82, 2.24) is 0 Å². The minimum Gasteiger partial charge on any atom is -0.507 e. The summed E-state index contributed by atoms with van der Waals surface area (Å²) >= 11 is 0. The molecule has 0 aromatic heterocycles. The maximum Gasteiger partial charge on any atom is 0.311 e. The fraction of sp³-hybridized carbons (Fsp3) is 0.391. The van der Waals surface area contributed by atoms with Crippen molar-refractivity contribution < 1.29 is 19.4 Å². The van der Waals surface area contributed by atoms with E-state index in [-0.39, 0.29) is 28.8 Å². The number of phenols is 1. The quantitative estimate of drug-likeness (QED) is 0.240. The number of esters is 1. The molecule has 0 aliphatic carbocycles. The third kappa shape index (κ3) is 6.89. The topological polar surface area (TPSA) is 63.6 Å². The zero-order valence-electron chi connectivity index (χ0n) is 15.9. The molecule has 1 N–H and O–H groups in total. The molecule has 144 valence electrons. The minimum absolute atomic E-state index is 0.188. The van der Waals surface area contributed by atoms with Gasteiger partial charge in [-0.05, 0) is 18.6 Å². The van der Waals surface area contributed by atoms with Crippen LogP contribution in [0.5, 0.6) is 11.5 Å². The van der Waals surface area contributed by atoms with Gasteiger partial charge in [-0.25, -0.2) is 0 Å². The van der Waals surface area contributed by atoms with Crippen LogP contribution in [-0.2, 0) is 4.79 Å². The van der Waals surface area contributed by atoms with Gasteiger partial charge in [0.15, 0.2) is 5.78 Å². The van der Waals surface area contributed by atoms with Crippen LogP contribution in [0.25, 0.3) is 0 Å². The lowest BCUT2D eigenvalue weighted by atomic mass is 10.0. The maximum absolute atomic E-state index is 12.4. The molecule has 2 aromatic rings. The highest BCUT2D eigenvalue weighted by Crippen LogP contribution is 2.26. The number of aromatic hydroxyl groups is 1. The van der Waals surface area contributed by atoms with Gasteiger partial charge in [-0.3, -0.25) is 9.59 Å². The van der Waals surface area contributed by atoms with E-state index in [1.165, 1.54) is 37.8 Å². The van der Waals surface area contributed by atoms with E-state index in [1.54, 1.807) is 30.3 Å². The van der Waals surface area contributed by atoms with Gasteiger partial charge >= 0.3 is 5.97 Å². The second-order valence-corrected chi connectivity index (χ2v) is 6.72. The van der Waals surface area contributed by atoms with Crippen LogP contribution < -0.4 is 4.74 Å². The molecule has 0 atom stereocenters. The number of phenolic OH excluding ortho intramolecular Hbond substituents is 1. The molecule has 0 saturated carbocycles. The van der Waals surface area contributed by atoms with Crippen LogP contribution in [0.2, 0.25) is 0 Å². The number of hydrogen-bond acceptors (Lipinski definition) is 4. The van der Waals surface area contributed by atoms with Crippen LogP contribution in [0.1, 0.15) is 74.2 Å². The van der Waals surface area contributed by atoms with E-state index in [4.69, 9.17) is 4.74 Å². The van der Waals surface area contributed by atoms with Crippen LogP contribution in [0.3, 0.4) is 0 Å². The van der Waals surface area contributed by atoms with Crippen LogP contribution in [0.15, 0.2) is 48.5 Å². The molecule has 0 saturated heterocycles. The number of rotatable bonds is 11. The van der Waals surface area contributed by atoms with Crippen molar-refractivity contribution in [1.29, 1.82) is 0 Å². The fourth-order valence-electron chi connectivity index (χ4n) is 2.92. The monoisotopic (exact) mass is 368 g/mol. The SMILES string of the molecule is CCCCCCCCCC(=O)Oc1ccc(C(=O)c2ccccc2)c(O)c1. The van der Waals surface area contributed by atoms with E-state index in [0.717, 1.165) is 19.3 Å². The molecular weight excluding hydrogens is 340 g/mol. The van der Waals surface area contributed by atoms with Crippen molar-refractivity contribution in [2.45, 2.75) is 58.3 Å². The van der Waals surface area contributed by atoms with E-state index in [1.807, 2.05) is 6.07 Å². The minimum atomic E-state index is -0.315. The van der Waals surface area contributed by atoms with Gasteiger partial charge in [0, 0.05) is 18.1 Å². The van der Waals surface area contributed by atoms with E-state index >= 15 is 0 Å². The molecule has 0 fully saturated rings. The van der Waals surface area contributed by atoms with E-state index < -0.39 is 0 Å². The van der Waals surface area contributed by atoms with Gasteiger partial charge in [0.2, 0.25) is 0 Å². The van der Waals surface area contributed by atoms with Crippen molar-refractivity contribution >= 4 is 11.8 Å². The Morgan fingerprint density at radius 1 is 0.889 bits per heavy atom. The van der Waals surface area contributed by atoms with Gasteiger partial charge in [0.1, 0.15) is 11.5 Å². The molecule has 4 nitrogen and oxygen atoms in total. The molecule has 0 unspecified atom stereocenters. The molecule has 0 radical (unpaired) electrons. The molecule has 4 heteroatoms. The summed E-state index contributed by atoms with van der Waals surface area (Å²) in [5.41, 5.74) is 0.685. The Hall–Kier alpha value is -2.62. The highest BCUT2D eigenvalue weighted by atomic mass is 16.5. The summed E-state index contributed by atoms with van der Waals surface area (Å²) in [5, 5.41) is 10.1. The summed E-state index contributed by atoms with van der Waals surface area (Å²) in [6, 6.07) is 13.1. The first-order valence-corrected chi connectivity index (χ1v) is 9.75. The van der Waals surface area contributed by atoms with Crippen LogP contribution in [0.4, 0.5) is 0 Å². The summed E-state index contributed by atoms with van der Waals surface area (Å²) in [5.74, 6) is -0.519. The van der Waals surface area contributed by atoms with Crippen molar-refractivity contribution in [3.05, 3.63) is 59.7 Å². The number of hydrogen-bond donors (Lipinski definition) is 1. The largest absolute Gasteiger partial charge is 0.507 e. The molecule has 0 spiro atoms. The lowest BCUT2D eigenvalue weighted by Crippen LogP contribution is -2.08. The molecule has 2 aromatic carbocycles. The van der Waals surface area contributed by atoms with Gasteiger partial charge in [0.25, 0.3) is 0 Å². The number of carbonyl (C=O) groups is 2. The highest BCUT2D eigenvalue weighted by molar-refractivity contribution is 6.10. The molecule has 27 heavy (non-hydrogen) atoms. The molecule has 0 heterocycles. The third-order valence-electron chi connectivity index (χ3n) is 4.47. The summed E-state index contributed by atoms with van der Waals surface area (Å²) in [6.07, 6.45) is 8.31. The first-order valence-electron chi connectivity index (χ1n) is 9.75. The highest BCUT2D eigenvalue weighted by Gasteiger charge is 2.15. The molecule has 0 bridgehead atoms. The number of unbranched alkanes of at least 4 members (excludes halogenated alkanes) is 6. The number of ketones is 1. The second-order valence-electron chi connectivity index (χ2n) is 6.72. The Morgan fingerprint density at radius 3 is 2.22 bits per heavy atom.